The molecule has 108 valence electrons. The summed E-state index contributed by atoms with van der Waals surface area (Å²) in [7, 11) is 9.33. The van der Waals surface area contributed by atoms with Gasteiger partial charge in [-0.1, -0.05) is 0 Å². The number of aliphatic hydroxyl groups is 1. The lowest BCUT2D eigenvalue weighted by Crippen LogP contribution is -2.55. The number of Topliss-reactive ketones (excluding diaryl/α,β-unsaturated/α-hetero) is 1. The molecule has 0 fully saturated rings. The highest BCUT2D eigenvalue weighted by atomic mass is 16.8. The highest BCUT2D eigenvalue weighted by Gasteiger charge is 2.37. The van der Waals surface area contributed by atoms with E-state index in [2.05, 4.69) is 0 Å². The average molecular weight is 285 g/mol. The molecule has 0 amide bonds. The van der Waals surface area contributed by atoms with Crippen LogP contribution in [-0.4, -0.2) is 71.4 Å². The zero-order valence-electron chi connectivity index (χ0n) is 13.4. The minimum absolute atomic E-state index is 0.00311. The van der Waals surface area contributed by atoms with Crippen LogP contribution < -0.4 is 9.47 Å². The van der Waals surface area contributed by atoms with Crippen molar-refractivity contribution in [3.05, 3.63) is 23.8 Å². The van der Waals surface area contributed by atoms with E-state index in [1.807, 2.05) is 42.4 Å². The number of carbonyl (C=O) groups excluding carboxylic acids is 1. The maximum atomic E-state index is 12.8. The lowest BCUT2D eigenvalue weighted by atomic mass is 9.67. The van der Waals surface area contributed by atoms with Gasteiger partial charge in [-0.3, -0.25) is 4.79 Å². The van der Waals surface area contributed by atoms with E-state index in [0.717, 1.165) is 0 Å². The molecule has 1 N–H and O–H groups in total. The molecule has 1 aliphatic heterocycles. The largest absolute Gasteiger partial charge is 0.435 e. The van der Waals surface area contributed by atoms with Gasteiger partial charge in [-0.2, -0.15) is 0 Å². The lowest BCUT2D eigenvalue weighted by molar-refractivity contribution is -0.178. The lowest BCUT2D eigenvalue weighted by Gasteiger charge is -2.38. The first-order valence-electron chi connectivity index (χ1n) is 7.07. The van der Waals surface area contributed by atoms with Gasteiger partial charge in [-0.05, 0) is 38.0 Å². The first-order chi connectivity index (χ1) is 9.54. The van der Waals surface area contributed by atoms with Crippen molar-refractivity contribution < 1.29 is 19.4 Å². The van der Waals surface area contributed by atoms with Gasteiger partial charge in [-0.25, -0.2) is 0 Å². The minimum Gasteiger partial charge on any atom is -0.435 e. The zero-order chi connectivity index (χ0) is 16.0. The fraction of sp³-hybridized carbons (Fsp3) is 0.417. The quantitative estimate of drug-likeness (QED) is 0.464. The maximum Gasteiger partial charge on any atom is 0.310 e. The van der Waals surface area contributed by atoms with Crippen LogP contribution in [0.1, 0.15) is 17.3 Å². The molecule has 0 saturated heterocycles. The Kier molecular flexibility index (Phi) is 3.93. The zero-order valence-corrected chi connectivity index (χ0v) is 13.4. The SMILES string of the molecule is BC(B)N(C)C(B)(C)C(=O)c1ccc2c(c1)OC(B)(O)O2. The fourth-order valence-corrected chi connectivity index (χ4v) is 2.40. The van der Waals surface area contributed by atoms with Crippen LogP contribution in [0.25, 0.3) is 0 Å². The Labute approximate surface area is 128 Å². The molecule has 0 aliphatic carbocycles. The van der Waals surface area contributed by atoms with Crippen molar-refractivity contribution in [2.45, 2.75) is 24.1 Å². The van der Waals surface area contributed by atoms with E-state index in [0.29, 0.717) is 17.1 Å². The van der Waals surface area contributed by atoms with Crippen molar-refractivity contribution >= 4 is 37.2 Å². The first-order valence-corrected chi connectivity index (χ1v) is 7.07. The van der Waals surface area contributed by atoms with Gasteiger partial charge in [0.05, 0.1) is 0 Å². The van der Waals surface area contributed by atoms with Crippen LogP contribution >= 0.6 is 0 Å². The molecule has 0 radical (unpaired) electrons. The molecule has 1 aliphatic rings. The molecule has 1 aromatic carbocycles. The van der Waals surface area contributed by atoms with Crippen LogP contribution in [0, 0.1) is 0 Å². The summed E-state index contributed by atoms with van der Waals surface area (Å²) in [5.41, 5.74) is -0.0998. The third-order valence-corrected chi connectivity index (χ3v) is 4.02. The third-order valence-electron chi connectivity index (χ3n) is 4.02. The van der Waals surface area contributed by atoms with Gasteiger partial charge >= 0.3 is 5.87 Å². The molecule has 9 heteroatoms. The second-order valence-corrected chi connectivity index (χ2v) is 6.36. The number of likely N-dealkylation sites (N-methyl/N-ethyl adjacent to an activating group) is 1. The molecule has 0 bridgehead atoms. The van der Waals surface area contributed by atoms with Gasteiger partial charge in [0, 0.05) is 11.0 Å². The molecule has 0 saturated carbocycles. The van der Waals surface area contributed by atoms with Crippen molar-refractivity contribution in [1.82, 2.24) is 4.90 Å². The highest BCUT2D eigenvalue weighted by Crippen LogP contribution is 2.38. The molecule has 5 nitrogen and oxygen atoms in total. The number of benzene rings is 1. The summed E-state index contributed by atoms with van der Waals surface area (Å²) in [5.74, 6) is -0.607. The number of nitrogens with zero attached hydrogens (tertiary/aromatic N) is 1. The number of ether oxygens (including phenoxy) is 2. The first kappa shape index (κ1) is 16.0. The fourth-order valence-electron chi connectivity index (χ4n) is 2.40. The number of carbonyl (C=O) groups is 1. The molecule has 1 heterocycles. The van der Waals surface area contributed by atoms with Gasteiger partial charge in [0.1, 0.15) is 23.5 Å². The summed E-state index contributed by atoms with van der Waals surface area (Å²) < 4.78 is 10.5. The maximum absolute atomic E-state index is 12.8. The van der Waals surface area contributed by atoms with E-state index in [9.17, 15) is 9.90 Å². The second kappa shape index (κ2) is 5.14. The van der Waals surface area contributed by atoms with Gasteiger partial charge in [-0.15, -0.1) is 0 Å². The van der Waals surface area contributed by atoms with Crippen LogP contribution in [-0.2, 0) is 0 Å². The Morgan fingerprint density at radius 3 is 2.52 bits per heavy atom. The molecule has 21 heavy (non-hydrogen) atoms. The van der Waals surface area contributed by atoms with E-state index < -0.39 is 11.3 Å². The van der Waals surface area contributed by atoms with E-state index in [-0.39, 0.29) is 11.6 Å². The summed E-state index contributed by atoms with van der Waals surface area (Å²) >= 11 is 0. The van der Waals surface area contributed by atoms with E-state index in [1.54, 1.807) is 18.2 Å². The van der Waals surface area contributed by atoms with E-state index in [1.165, 1.54) is 7.85 Å². The predicted octanol–water partition coefficient (Wildman–Crippen LogP) is -3.29. The summed E-state index contributed by atoms with van der Waals surface area (Å²) in [6, 6.07) is 4.96. The smallest absolute Gasteiger partial charge is 0.310 e. The molecule has 1 aromatic rings. The van der Waals surface area contributed by atoms with Crippen LogP contribution in [0.15, 0.2) is 18.2 Å². The van der Waals surface area contributed by atoms with Crippen LogP contribution in [0.5, 0.6) is 11.5 Å². The van der Waals surface area contributed by atoms with Crippen molar-refractivity contribution in [2.24, 2.45) is 0 Å². The molecular formula is C12H19B4NO4. The third kappa shape index (κ3) is 2.99. The van der Waals surface area contributed by atoms with Crippen molar-refractivity contribution in [3.63, 3.8) is 0 Å². The van der Waals surface area contributed by atoms with Crippen LogP contribution in [0.3, 0.4) is 0 Å². The Balaban J connectivity index is 2.30. The van der Waals surface area contributed by atoms with Gasteiger partial charge < -0.3 is 19.5 Å². The Morgan fingerprint density at radius 2 is 1.95 bits per heavy atom. The monoisotopic (exact) mass is 285 g/mol. The van der Waals surface area contributed by atoms with E-state index >= 15 is 0 Å². The van der Waals surface area contributed by atoms with Gasteiger partial charge in [0.25, 0.3) is 7.85 Å². The number of rotatable bonds is 4. The summed E-state index contributed by atoms with van der Waals surface area (Å²) in [5, 5.41) is 9.73. The molecule has 2 unspecified atom stereocenters. The molecule has 2 rings (SSSR count). The van der Waals surface area contributed by atoms with Gasteiger partial charge in [0.2, 0.25) is 0 Å². The van der Waals surface area contributed by atoms with Gasteiger partial charge in [0.15, 0.2) is 17.3 Å². The molecular weight excluding hydrogens is 265 g/mol. The van der Waals surface area contributed by atoms with Crippen LogP contribution in [0.4, 0.5) is 0 Å². The summed E-state index contributed by atoms with van der Waals surface area (Å²) in [4.78, 5) is 14.8. The molecule has 0 spiro atoms. The second-order valence-electron chi connectivity index (χ2n) is 6.36. The summed E-state index contributed by atoms with van der Waals surface area (Å²) in [6.07, 6.45) is 0. The minimum atomic E-state index is -1.67. The average Bonchev–Trinajstić information content (AvgIpc) is 2.69. The number of hydrogen-bond acceptors (Lipinski definition) is 5. The van der Waals surface area contributed by atoms with Crippen LogP contribution in [0.2, 0.25) is 0 Å². The van der Waals surface area contributed by atoms with Crippen molar-refractivity contribution in [2.75, 3.05) is 7.05 Å². The Hall–Kier alpha value is -1.33. The topological polar surface area (TPSA) is 59.0 Å². The number of hydrogen-bond donors (Lipinski definition) is 1. The molecule has 2 atom stereocenters. The standard InChI is InChI=1S/C12H19B4NO4/c1-11(15,17(2)10(13)14)9(18)6-3-4-7-8(5-6)21-12(16,19)20-7/h3-5,10,19H,13-16H2,1-2H3. The number of ketones is 1. The van der Waals surface area contributed by atoms with Crippen molar-refractivity contribution in [1.29, 1.82) is 0 Å². The normalized spacial score (nSPS) is 23.3. The van der Waals surface area contributed by atoms with Crippen molar-refractivity contribution in [3.8, 4) is 11.5 Å². The highest BCUT2D eigenvalue weighted by molar-refractivity contribution is 6.38. The summed E-state index contributed by atoms with van der Waals surface area (Å²) in [6.45, 7) is 1.90. The van der Waals surface area contributed by atoms with E-state index in [4.69, 9.17) is 9.47 Å². The Morgan fingerprint density at radius 1 is 1.38 bits per heavy atom. The number of fused-ring (bicyclic) bond motifs is 1. The Bertz CT molecular complexity index is 576. The molecule has 0 aromatic heterocycles. The predicted molar refractivity (Wildman–Crippen MR) is 91.1 cm³/mol.